The minimum Gasteiger partial charge on any atom is -0.381 e. The van der Waals surface area contributed by atoms with Crippen LogP contribution < -0.4 is 5.32 Å². The highest BCUT2D eigenvalue weighted by atomic mass is 32.1. The molecule has 1 aliphatic rings. The maximum absolute atomic E-state index is 5.39. The fourth-order valence-corrected chi connectivity index (χ4v) is 2.90. The highest BCUT2D eigenvalue weighted by molar-refractivity contribution is 7.09. The predicted octanol–water partition coefficient (Wildman–Crippen LogP) is 1.83. The lowest BCUT2D eigenvalue weighted by Crippen LogP contribution is -2.42. The van der Waals surface area contributed by atoms with Crippen LogP contribution in [-0.4, -0.2) is 51.3 Å². The van der Waals surface area contributed by atoms with Crippen molar-refractivity contribution in [1.82, 2.24) is 10.2 Å². The Balaban J connectivity index is 1.73. The summed E-state index contributed by atoms with van der Waals surface area (Å²) < 4.78 is 5.39. The van der Waals surface area contributed by atoms with Gasteiger partial charge >= 0.3 is 0 Å². The number of guanidine groups is 1. The van der Waals surface area contributed by atoms with Crippen molar-refractivity contribution in [3.05, 3.63) is 22.4 Å². The molecule has 1 aromatic rings. The Bertz CT molecular complexity index is 385. The maximum Gasteiger partial charge on any atom is 0.193 e. The molecule has 1 fully saturated rings. The van der Waals surface area contributed by atoms with Crippen molar-refractivity contribution < 1.29 is 4.74 Å². The molecule has 0 bridgehead atoms. The van der Waals surface area contributed by atoms with Crippen molar-refractivity contribution >= 4 is 17.3 Å². The van der Waals surface area contributed by atoms with Crippen LogP contribution in [0, 0.1) is 5.92 Å². The molecule has 1 saturated heterocycles. The molecular formula is C14H23N3OS. The number of nitrogens with one attached hydrogen (secondary N) is 1. The van der Waals surface area contributed by atoms with E-state index in [2.05, 4.69) is 39.8 Å². The Hall–Kier alpha value is -1.07. The van der Waals surface area contributed by atoms with E-state index in [1.165, 1.54) is 4.88 Å². The second kappa shape index (κ2) is 7.50. The topological polar surface area (TPSA) is 36.9 Å². The Morgan fingerprint density at radius 3 is 3.16 bits per heavy atom. The van der Waals surface area contributed by atoms with Crippen LogP contribution in [0.25, 0.3) is 0 Å². The third-order valence-electron chi connectivity index (χ3n) is 3.42. The SMILES string of the molecule is CN=C(NCC1CCOC1)N(C)CCc1cccs1. The van der Waals surface area contributed by atoms with Gasteiger partial charge in [0, 0.05) is 44.6 Å². The van der Waals surface area contributed by atoms with E-state index in [-0.39, 0.29) is 0 Å². The van der Waals surface area contributed by atoms with Crippen LogP contribution in [0.3, 0.4) is 0 Å². The molecule has 0 aliphatic carbocycles. The largest absolute Gasteiger partial charge is 0.381 e. The first-order valence-electron chi connectivity index (χ1n) is 6.81. The average molecular weight is 281 g/mol. The van der Waals surface area contributed by atoms with Crippen LogP contribution in [0.5, 0.6) is 0 Å². The monoisotopic (exact) mass is 281 g/mol. The summed E-state index contributed by atoms with van der Waals surface area (Å²) in [5.74, 6) is 1.60. The Morgan fingerprint density at radius 2 is 2.53 bits per heavy atom. The Kier molecular flexibility index (Phi) is 5.66. The van der Waals surface area contributed by atoms with Gasteiger partial charge < -0.3 is 15.0 Å². The van der Waals surface area contributed by atoms with Gasteiger partial charge in [-0.1, -0.05) is 6.07 Å². The molecule has 2 heterocycles. The van der Waals surface area contributed by atoms with Gasteiger partial charge in [0.2, 0.25) is 0 Å². The highest BCUT2D eigenvalue weighted by Crippen LogP contribution is 2.11. The Morgan fingerprint density at radius 1 is 1.63 bits per heavy atom. The predicted molar refractivity (Wildman–Crippen MR) is 80.9 cm³/mol. The standard InChI is InChI=1S/C14H23N3OS/c1-15-14(16-10-12-6-8-18-11-12)17(2)7-5-13-4-3-9-19-13/h3-4,9,12H,5-8,10-11H2,1-2H3,(H,15,16). The van der Waals surface area contributed by atoms with Gasteiger partial charge in [0.1, 0.15) is 0 Å². The molecule has 106 valence electrons. The molecular weight excluding hydrogens is 258 g/mol. The lowest BCUT2D eigenvalue weighted by atomic mass is 10.1. The van der Waals surface area contributed by atoms with Gasteiger partial charge in [-0.25, -0.2) is 0 Å². The van der Waals surface area contributed by atoms with Crippen molar-refractivity contribution in [2.75, 3.05) is 40.4 Å². The van der Waals surface area contributed by atoms with Gasteiger partial charge in [-0.15, -0.1) is 11.3 Å². The van der Waals surface area contributed by atoms with E-state index in [1.807, 2.05) is 18.4 Å². The lowest BCUT2D eigenvalue weighted by molar-refractivity contribution is 0.186. The molecule has 1 atom stereocenters. The maximum atomic E-state index is 5.39. The molecule has 2 rings (SSSR count). The Labute approximate surface area is 119 Å². The third kappa shape index (κ3) is 4.51. The molecule has 0 spiro atoms. The fourth-order valence-electron chi connectivity index (χ4n) is 2.20. The van der Waals surface area contributed by atoms with Crippen molar-refractivity contribution in [3.63, 3.8) is 0 Å². The first-order valence-corrected chi connectivity index (χ1v) is 7.69. The number of likely N-dealkylation sites (N-methyl/N-ethyl adjacent to an activating group) is 1. The smallest absolute Gasteiger partial charge is 0.193 e. The van der Waals surface area contributed by atoms with E-state index < -0.39 is 0 Å². The molecule has 1 unspecified atom stereocenters. The van der Waals surface area contributed by atoms with Crippen molar-refractivity contribution in [3.8, 4) is 0 Å². The number of rotatable bonds is 5. The van der Waals surface area contributed by atoms with Crippen LogP contribution in [0.4, 0.5) is 0 Å². The van der Waals surface area contributed by atoms with Crippen LogP contribution in [-0.2, 0) is 11.2 Å². The summed E-state index contributed by atoms with van der Waals surface area (Å²) in [4.78, 5) is 7.96. The summed E-state index contributed by atoms with van der Waals surface area (Å²) in [6.07, 6.45) is 2.23. The molecule has 1 aliphatic heterocycles. The summed E-state index contributed by atoms with van der Waals surface area (Å²) in [6, 6.07) is 4.29. The van der Waals surface area contributed by atoms with Gasteiger partial charge in [0.05, 0.1) is 6.61 Å². The fraction of sp³-hybridized carbons (Fsp3) is 0.643. The minimum atomic E-state index is 0.627. The van der Waals surface area contributed by atoms with E-state index in [0.717, 1.165) is 45.1 Å². The molecule has 1 N–H and O–H groups in total. The van der Waals surface area contributed by atoms with Gasteiger partial charge in [-0.3, -0.25) is 4.99 Å². The van der Waals surface area contributed by atoms with E-state index in [0.29, 0.717) is 5.92 Å². The molecule has 5 heteroatoms. The summed E-state index contributed by atoms with van der Waals surface area (Å²) in [7, 11) is 3.93. The number of hydrogen-bond donors (Lipinski definition) is 1. The molecule has 0 aromatic carbocycles. The van der Waals surface area contributed by atoms with Crippen LogP contribution in [0.1, 0.15) is 11.3 Å². The third-order valence-corrected chi connectivity index (χ3v) is 4.36. The molecule has 4 nitrogen and oxygen atoms in total. The van der Waals surface area contributed by atoms with E-state index in [9.17, 15) is 0 Å². The summed E-state index contributed by atoms with van der Waals surface area (Å²) in [5.41, 5.74) is 0. The van der Waals surface area contributed by atoms with Crippen molar-refractivity contribution in [2.45, 2.75) is 12.8 Å². The zero-order valence-corrected chi connectivity index (χ0v) is 12.6. The van der Waals surface area contributed by atoms with Crippen molar-refractivity contribution in [1.29, 1.82) is 0 Å². The molecule has 0 radical (unpaired) electrons. The van der Waals surface area contributed by atoms with Crippen LogP contribution in [0.15, 0.2) is 22.5 Å². The number of hydrogen-bond acceptors (Lipinski definition) is 3. The van der Waals surface area contributed by atoms with Crippen LogP contribution >= 0.6 is 11.3 Å². The molecule has 0 amide bonds. The van der Waals surface area contributed by atoms with E-state index in [1.54, 1.807) is 0 Å². The second-order valence-electron chi connectivity index (χ2n) is 4.91. The second-order valence-corrected chi connectivity index (χ2v) is 5.94. The summed E-state index contributed by atoms with van der Waals surface area (Å²) >= 11 is 1.81. The van der Waals surface area contributed by atoms with Gasteiger partial charge in [0.25, 0.3) is 0 Å². The lowest BCUT2D eigenvalue weighted by Gasteiger charge is -2.23. The number of aliphatic imine (C=N–C) groups is 1. The molecule has 1 aromatic heterocycles. The quantitative estimate of drug-likeness (QED) is 0.661. The normalized spacial score (nSPS) is 19.7. The summed E-state index contributed by atoms with van der Waals surface area (Å²) in [5, 5.41) is 5.57. The minimum absolute atomic E-state index is 0.627. The molecule has 0 saturated carbocycles. The number of thiophene rings is 1. The zero-order chi connectivity index (χ0) is 13.5. The first-order chi connectivity index (χ1) is 9.29. The van der Waals surface area contributed by atoms with E-state index in [4.69, 9.17) is 4.74 Å². The van der Waals surface area contributed by atoms with E-state index >= 15 is 0 Å². The number of ether oxygens (including phenoxy) is 1. The van der Waals surface area contributed by atoms with Crippen molar-refractivity contribution in [2.24, 2.45) is 10.9 Å². The first kappa shape index (κ1) is 14.3. The highest BCUT2D eigenvalue weighted by Gasteiger charge is 2.16. The average Bonchev–Trinajstić information content (AvgIpc) is 3.10. The van der Waals surface area contributed by atoms with Gasteiger partial charge in [0.15, 0.2) is 5.96 Å². The van der Waals surface area contributed by atoms with Gasteiger partial charge in [-0.2, -0.15) is 0 Å². The molecule has 19 heavy (non-hydrogen) atoms. The number of nitrogens with zero attached hydrogens (tertiary/aromatic N) is 2. The van der Waals surface area contributed by atoms with Crippen LogP contribution in [0.2, 0.25) is 0 Å². The van der Waals surface area contributed by atoms with Gasteiger partial charge in [-0.05, 0) is 24.3 Å². The summed E-state index contributed by atoms with van der Waals surface area (Å²) in [6.45, 7) is 3.72. The zero-order valence-electron chi connectivity index (χ0n) is 11.8.